The van der Waals surface area contributed by atoms with Crippen molar-refractivity contribution in [1.29, 1.82) is 0 Å². The lowest BCUT2D eigenvalue weighted by atomic mass is 10.0. The van der Waals surface area contributed by atoms with E-state index >= 15 is 0 Å². The van der Waals surface area contributed by atoms with E-state index in [1.54, 1.807) is 18.0 Å². The molecule has 1 heterocycles. The van der Waals surface area contributed by atoms with Gasteiger partial charge in [0.05, 0.1) is 6.54 Å². The molecule has 1 unspecified atom stereocenters. The zero-order chi connectivity index (χ0) is 21.4. The molecule has 0 aromatic rings. The smallest absolute Gasteiger partial charge is 0.409 e. The Morgan fingerprint density at radius 3 is 2.57 bits per heavy atom. The van der Waals surface area contributed by atoms with E-state index < -0.39 is 6.18 Å². The Labute approximate surface area is 170 Å². The number of hydrogen-bond acceptors (Lipinski definition) is 4. The van der Waals surface area contributed by atoms with Crippen LogP contribution in [-0.4, -0.2) is 29.6 Å². The average molecular weight is 415 g/mol. The molecule has 0 aromatic carbocycles. The number of allylic oxidation sites excluding steroid dienone is 3. The van der Waals surface area contributed by atoms with Crippen LogP contribution in [-0.2, 0) is 4.74 Å². The summed E-state index contributed by atoms with van der Waals surface area (Å²) in [6.45, 7) is 14.2. The summed E-state index contributed by atoms with van der Waals surface area (Å²) in [7, 11) is 0. The summed E-state index contributed by atoms with van der Waals surface area (Å²) in [5.74, 6) is 1.10. The lowest BCUT2D eigenvalue weighted by Crippen LogP contribution is -2.15. The quantitative estimate of drug-likeness (QED) is 0.407. The van der Waals surface area contributed by atoms with E-state index in [1.807, 2.05) is 13.1 Å². The lowest BCUT2D eigenvalue weighted by molar-refractivity contribution is -0.0798. The second-order valence-electron chi connectivity index (χ2n) is 7.37. The van der Waals surface area contributed by atoms with E-state index in [-0.39, 0.29) is 23.3 Å². The predicted octanol–water partition coefficient (Wildman–Crippen LogP) is 6.85. The summed E-state index contributed by atoms with van der Waals surface area (Å²) in [6.07, 6.45) is 3.26. The highest BCUT2D eigenvalue weighted by Crippen LogP contribution is 2.37. The van der Waals surface area contributed by atoms with Crippen molar-refractivity contribution in [3.63, 3.8) is 0 Å². The van der Waals surface area contributed by atoms with Crippen LogP contribution in [0.2, 0.25) is 0 Å². The molecular weight excluding hydrogens is 385 g/mol. The fourth-order valence-electron chi connectivity index (χ4n) is 2.35. The van der Waals surface area contributed by atoms with Crippen LogP contribution in [0.25, 0.3) is 0 Å². The first-order valence-electron chi connectivity index (χ1n) is 9.14. The molecule has 3 nitrogen and oxygen atoms in total. The molecule has 0 radical (unpaired) electrons. The summed E-state index contributed by atoms with van der Waals surface area (Å²) in [4.78, 5) is 9.73. The van der Waals surface area contributed by atoms with Gasteiger partial charge in [0.15, 0.2) is 5.90 Å². The second-order valence-corrected chi connectivity index (χ2v) is 9.27. The Balaban J connectivity index is 2.76. The van der Waals surface area contributed by atoms with Gasteiger partial charge in [0.2, 0.25) is 0 Å². The number of rotatable bonds is 8. The first-order chi connectivity index (χ1) is 12.9. The zero-order valence-electron chi connectivity index (χ0n) is 17.1. The van der Waals surface area contributed by atoms with Crippen LogP contribution in [0, 0.1) is 5.92 Å². The standard InChI is InChI=1S/C21H29F3N2OS/c1-7-17-16(11-12-21(22,23)24)13-26-19(27-17)10-9-15(3)18(14-25-8-2)28-20(4,5)6/h7-8,11-12,14-15H,1,9-10,13H2,2-6H3/b12-11+,18-14+,25-8?. The van der Waals surface area contributed by atoms with Crippen molar-refractivity contribution in [2.24, 2.45) is 15.9 Å². The highest BCUT2D eigenvalue weighted by molar-refractivity contribution is 8.04. The molecule has 1 aliphatic rings. The Kier molecular flexibility index (Phi) is 9.27. The van der Waals surface area contributed by atoms with Gasteiger partial charge in [-0.2, -0.15) is 13.2 Å². The molecule has 0 spiro atoms. The number of ether oxygens (including phenoxy) is 1. The van der Waals surface area contributed by atoms with Crippen molar-refractivity contribution >= 4 is 23.9 Å². The zero-order valence-corrected chi connectivity index (χ0v) is 18.0. The van der Waals surface area contributed by atoms with Crippen LogP contribution < -0.4 is 0 Å². The minimum atomic E-state index is -4.37. The number of hydrogen-bond donors (Lipinski definition) is 0. The van der Waals surface area contributed by atoms with E-state index in [9.17, 15) is 13.2 Å². The van der Waals surface area contributed by atoms with E-state index in [0.717, 1.165) is 12.5 Å². The van der Waals surface area contributed by atoms with Crippen LogP contribution in [0.3, 0.4) is 0 Å². The Hall–Kier alpha value is -1.76. The maximum absolute atomic E-state index is 12.4. The molecule has 1 atom stereocenters. The normalized spacial score (nSPS) is 17.9. The molecule has 0 fully saturated rings. The Morgan fingerprint density at radius 2 is 2.04 bits per heavy atom. The van der Waals surface area contributed by atoms with Gasteiger partial charge in [0, 0.05) is 40.1 Å². The van der Waals surface area contributed by atoms with Gasteiger partial charge in [0.25, 0.3) is 0 Å². The predicted molar refractivity (Wildman–Crippen MR) is 114 cm³/mol. The molecule has 0 aromatic heterocycles. The second kappa shape index (κ2) is 10.7. The molecule has 156 valence electrons. The number of aliphatic imine (C=N–C) groups is 2. The molecule has 0 saturated carbocycles. The topological polar surface area (TPSA) is 34.0 Å². The summed E-state index contributed by atoms with van der Waals surface area (Å²) in [5.41, 5.74) is 0.366. The van der Waals surface area contributed by atoms with Gasteiger partial charge in [-0.15, -0.1) is 11.8 Å². The molecule has 0 aliphatic carbocycles. The number of nitrogens with zero attached hydrogens (tertiary/aromatic N) is 2. The van der Waals surface area contributed by atoms with Crippen molar-refractivity contribution in [2.45, 2.75) is 58.4 Å². The van der Waals surface area contributed by atoms with Crippen LogP contribution in [0.5, 0.6) is 0 Å². The highest BCUT2D eigenvalue weighted by atomic mass is 32.2. The van der Waals surface area contributed by atoms with Crippen LogP contribution in [0.4, 0.5) is 13.2 Å². The van der Waals surface area contributed by atoms with Gasteiger partial charge in [-0.3, -0.25) is 9.98 Å². The average Bonchev–Trinajstić information content (AvgIpc) is 2.59. The molecule has 0 amide bonds. The van der Waals surface area contributed by atoms with Crippen LogP contribution in [0.15, 0.2) is 57.2 Å². The molecule has 0 N–H and O–H groups in total. The van der Waals surface area contributed by atoms with E-state index in [2.05, 4.69) is 44.3 Å². The van der Waals surface area contributed by atoms with Gasteiger partial charge in [-0.25, -0.2) is 0 Å². The lowest BCUT2D eigenvalue weighted by Gasteiger charge is -2.24. The third-order valence-electron chi connectivity index (χ3n) is 3.68. The van der Waals surface area contributed by atoms with Crippen molar-refractivity contribution in [3.05, 3.63) is 47.2 Å². The van der Waals surface area contributed by atoms with Gasteiger partial charge < -0.3 is 4.74 Å². The molecule has 0 bridgehead atoms. The fourth-order valence-corrected chi connectivity index (χ4v) is 3.49. The van der Waals surface area contributed by atoms with Gasteiger partial charge in [-0.05, 0) is 31.4 Å². The summed E-state index contributed by atoms with van der Waals surface area (Å²) >= 11 is 1.78. The van der Waals surface area contributed by atoms with E-state index in [4.69, 9.17) is 4.74 Å². The third kappa shape index (κ3) is 9.44. The minimum absolute atomic E-state index is 0.0701. The first kappa shape index (κ1) is 24.3. The Morgan fingerprint density at radius 1 is 1.36 bits per heavy atom. The number of thioether (sulfide) groups is 1. The first-order valence-corrected chi connectivity index (χ1v) is 9.96. The summed E-state index contributed by atoms with van der Waals surface area (Å²) in [5, 5.41) is 0. The van der Waals surface area contributed by atoms with Crippen LogP contribution >= 0.6 is 11.8 Å². The molecule has 1 aliphatic heterocycles. The van der Waals surface area contributed by atoms with Gasteiger partial charge in [-0.1, -0.05) is 34.3 Å². The SMILES string of the molecule is C=CC1=C(/C=C/C(F)(F)F)CN=C(CCC(C)/C(=C\N=CC)SC(C)(C)C)O1. The Bertz CT molecular complexity index is 695. The molecule has 1 rings (SSSR count). The van der Waals surface area contributed by atoms with Gasteiger partial charge in [0.1, 0.15) is 5.76 Å². The van der Waals surface area contributed by atoms with Gasteiger partial charge >= 0.3 is 6.18 Å². The molecule has 0 saturated heterocycles. The van der Waals surface area contributed by atoms with Crippen LogP contribution in [0.1, 0.15) is 47.5 Å². The van der Waals surface area contributed by atoms with Crippen molar-refractivity contribution in [1.82, 2.24) is 0 Å². The summed E-state index contributed by atoms with van der Waals surface area (Å²) < 4.78 is 42.9. The van der Waals surface area contributed by atoms with E-state index in [0.29, 0.717) is 23.7 Å². The third-order valence-corrected chi connectivity index (χ3v) is 5.04. The van der Waals surface area contributed by atoms with Crippen molar-refractivity contribution in [3.8, 4) is 0 Å². The highest BCUT2D eigenvalue weighted by Gasteiger charge is 2.24. The molecular formula is C21H29F3N2OS. The minimum Gasteiger partial charge on any atom is -0.443 e. The maximum Gasteiger partial charge on any atom is 0.409 e. The fraction of sp³-hybridized carbons (Fsp3) is 0.524. The van der Waals surface area contributed by atoms with Crippen molar-refractivity contribution < 1.29 is 17.9 Å². The molecule has 7 heteroatoms. The van der Waals surface area contributed by atoms with Crippen molar-refractivity contribution in [2.75, 3.05) is 6.54 Å². The number of halogens is 3. The number of alkyl halides is 3. The monoisotopic (exact) mass is 414 g/mol. The summed E-state index contributed by atoms with van der Waals surface area (Å²) in [6, 6.07) is 0. The largest absolute Gasteiger partial charge is 0.443 e. The van der Waals surface area contributed by atoms with E-state index in [1.165, 1.54) is 11.0 Å². The molecule has 28 heavy (non-hydrogen) atoms. The maximum atomic E-state index is 12.4.